The molecule has 0 aliphatic heterocycles. The van der Waals surface area contributed by atoms with Crippen molar-refractivity contribution in [3.63, 3.8) is 0 Å². The molecule has 1 heteroatoms. The molecule has 0 aromatic heterocycles. The van der Waals surface area contributed by atoms with Gasteiger partial charge < -0.3 is 0 Å². The van der Waals surface area contributed by atoms with E-state index in [1.165, 1.54) is 25.7 Å². The molecular weight excluding hydrogens is 215 g/mol. The Hall–Kier alpha value is 0.799. The van der Waals surface area contributed by atoms with Crippen LogP contribution in [0, 0.1) is 5.92 Å². The van der Waals surface area contributed by atoms with Crippen LogP contribution < -0.4 is 0 Å². The van der Waals surface area contributed by atoms with Gasteiger partial charge in [-0.3, -0.25) is 0 Å². The van der Waals surface area contributed by atoms with E-state index in [-0.39, 0.29) is 0 Å². The molecule has 0 amide bonds. The molecule has 0 aromatic rings. The van der Waals surface area contributed by atoms with Gasteiger partial charge in [0.1, 0.15) is 0 Å². The Labute approximate surface area is 71.5 Å². The Bertz CT molecular complexity index is 96.7. The van der Waals surface area contributed by atoms with Crippen molar-refractivity contribution in [2.24, 2.45) is 5.92 Å². The average molecular weight is 230 g/mol. The van der Waals surface area contributed by atoms with E-state index in [2.05, 4.69) is 13.8 Å². The fraction of sp³-hybridized carbons (Fsp3) is 1.00. The van der Waals surface area contributed by atoms with Gasteiger partial charge in [0.05, 0.1) is 0 Å². The van der Waals surface area contributed by atoms with Crippen molar-refractivity contribution in [2.45, 2.75) is 43.0 Å². The molecule has 1 aliphatic carbocycles. The average Bonchev–Trinajstić information content (AvgIpc) is 1.77. The molecule has 1 saturated carbocycles. The van der Waals surface area contributed by atoms with Crippen molar-refractivity contribution in [3.05, 3.63) is 0 Å². The van der Waals surface area contributed by atoms with Crippen LogP contribution >= 0.6 is 0 Å². The third kappa shape index (κ3) is 1.86. The van der Waals surface area contributed by atoms with Crippen molar-refractivity contribution >= 4 is 22.5 Å². The van der Waals surface area contributed by atoms with E-state index in [1.54, 1.807) is 22.5 Å². The van der Waals surface area contributed by atoms with Crippen LogP contribution in [0.25, 0.3) is 0 Å². The van der Waals surface area contributed by atoms with Gasteiger partial charge in [-0.25, -0.2) is 0 Å². The second-order valence-corrected chi connectivity index (χ2v) is 6.82. The van der Waals surface area contributed by atoms with Gasteiger partial charge in [0.25, 0.3) is 0 Å². The third-order valence-electron chi connectivity index (χ3n) is 2.67. The first-order chi connectivity index (χ1) is 4.13. The monoisotopic (exact) mass is 231 g/mol. The van der Waals surface area contributed by atoms with Crippen molar-refractivity contribution in [1.29, 1.82) is 0 Å². The van der Waals surface area contributed by atoms with Crippen LogP contribution in [0.3, 0.4) is 0 Å². The number of rotatable bonds is 0. The molecule has 9 heavy (non-hydrogen) atoms. The molecule has 0 bridgehead atoms. The van der Waals surface area contributed by atoms with E-state index in [0.29, 0.717) is 0 Å². The van der Waals surface area contributed by atoms with E-state index >= 15 is 0 Å². The van der Waals surface area contributed by atoms with Gasteiger partial charge in [0, 0.05) is 0 Å². The first-order valence-corrected chi connectivity index (χ1v) is 5.30. The van der Waals surface area contributed by atoms with E-state index in [1.807, 2.05) is 0 Å². The summed E-state index contributed by atoms with van der Waals surface area (Å²) in [5.41, 5.74) is 0. The predicted molar refractivity (Wildman–Crippen MR) is 41.8 cm³/mol. The topological polar surface area (TPSA) is 0 Å². The van der Waals surface area contributed by atoms with Gasteiger partial charge in [0.15, 0.2) is 0 Å². The first-order valence-electron chi connectivity index (χ1n) is 3.88. The van der Waals surface area contributed by atoms with Crippen molar-refractivity contribution in [1.82, 2.24) is 0 Å². The minimum absolute atomic E-state index is 0.727. The molecule has 51 valence electrons. The summed E-state index contributed by atoms with van der Waals surface area (Å²) in [6.07, 6.45) is 5.91. The number of hydrogen-bond acceptors (Lipinski definition) is 0. The maximum atomic E-state index is 2.44. The molecule has 3 radical (unpaired) electrons. The van der Waals surface area contributed by atoms with Crippen molar-refractivity contribution in [3.8, 4) is 0 Å². The van der Waals surface area contributed by atoms with Crippen LogP contribution in [0.2, 0.25) is 3.43 Å². The molecule has 1 aliphatic rings. The molecule has 0 N–H and O–H groups in total. The summed E-state index contributed by atoms with van der Waals surface area (Å²) >= 11 is 1.75. The molecule has 2 unspecified atom stereocenters. The van der Waals surface area contributed by atoms with Crippen LogP contribution in [-0.2, 0) is 0 Å². The van der Waals surface area contributed by atoms with Crippen molar-refractivity contribution < 1.29 is 0 Å². The van der Waals surface area contributed by atoms with Crippen LogP contribution in [0.4, 0.5) is 0 Å². The van der Waals surface area contributed by atoms with Crippen LogP contribution in [0.5, 0.6) is 0 Å². The van der Waals surface area contributed by atoms with Gasteiger partial charge in [-0.05, 0) is 0 Å². The normalized spacial score (nSPS) is 45.0. The zero-order valence-corrected chi connectivity index (χ0v) is 9.26. The van der Waals surface area contributed by atoms with Crippen molar-refractivity contribution in [2.75, 3.05) is 0 Å². The van der Waals surface area contributed by atoms with Gasteiger partial charge in [-0.1, -0.05) is 0 Å². The molecule has 0 aromatic carbocycles. The van der Waals surface area contributed by atoms with E-state index in [0.717, 1.165) is 9.35 Å². The van der Waals surface area contributed by atoms with Crippen LogP contribution in [-0.4, -0.2) is 22.5 Å². The second-order valence-electron chi connectivity index (χ2n) is 3.56. The standard InChI is InChI=1S/C8H15.Sn/c1-7-5-3-4-6-8(7)2;/h7H,3-6H2,1-2H3;. The van der Waals surface area contributed by atoms with Gasteiger partial charge in [-0.2, -0.15) is 0 Å². The Morgan fingerprint density at radius 2 is 2.11 bits per heavy atom. The fourth-order valence-electron chi connectivity index (χ4n) is 1.51. The third-order valence-corrected chi connectivity index (χ3v) is 4.79. The molecule has 0 heterocycles. The summed E-state index contributed by atoms with van der Waals surface area (Å²) in [5.74, 6) is 0.990. The Morgan fingerprint density at radius 1 is 1.44 bits per heavy atom. The summed E-state index contributed by atoms with van der Waals surface area (Å²) in [6, 6.07) is 0. The Balaban J connectivity index is 2.49. The summed E-state index contributed by atoms with van der Waals surface area (Å²) in [7, 11) is 0. The SMILES string of the molecule is CC1CCCC[C]1(C)[Sn]. The van der Waals surface area contributed by atoms with E-state index < -0.39 is 0 Å². The van der Waals surface area contributed by atoms with Gasteiger partial charge in [0.2, 0.25) is 0 Å². The van der Waals surface area contributed by atoms with Gasteiger partial charge >= 0.3 is 71.4 Å². The first kappa shape index (κ1) is 7.90. The molecular formula is C8H15Sn. The molecule has 0 saturated heterocycles. The second kappa shape index (κ2) is 2.81. The maximum absolute atomic E-state index is 2.44. The molecule has 1 rings (SSSR count). The zero-order chi connectivity index (χ0) is 6.91. The zero-order valence-electron chi connectivity index (χ0n) is 6.41. The quantitative estimate of drug-likeness (QED) is 0.561. The van der Waals surface area contributed by atoms with Crippen LogP contribution in [0.1, 0.15) is 39.5 Å². The van der Waals surface area contributed by atoms with Gasteiger partial charge in [-0.15, -0.1) is 0 Å². The summed E-state index contributed by atoms with van der Waals surface area (Å²) < 4.78 is 0.727. The summed E-state index contributed by atoms with van der Waals surface area (Å²) in [5, 5.41) is 0. The van der Waals surface area contributed by atoms with E-state index in [9.17, 15) is 0 Å². The summed E-state index contributed by atoms with van der Waals surface area (Å²) in [6.45, 7) is 4.85. The molecule has 0 spiro atoms. The Kier molecular flexibility index (Phi) is 2.47. The fourth-order valence-corrected chi connectivity index (χ4v) is 2.42. The molecule has 1 fully saturated rings. The molecule has 0 nitrogen and oxygen atoms in total. The number of hydrogen-bond donors (Lipinski definition) is 0. The van der Waals surface area contributed by atoms with Crippen LogP contribution in [0.15, 0.2) is 0 Å². The minimum atomic E-state index is 0.727. The predicted octanol–water partition coefficient (Wildman–Crippen LogP) is 2.54. The molecule has 2 atom stereocenters. The Morgan fingerprint density at radius 3 is 2.44 bits per heavy atom. The summed E-state index contributed by atoms with van der Waals surface area (Å²) in [4.78, 5) is 0. The van der Waals surface area contributed by atoms with E-state index in [4.69, 9.17) is 0 Å².